The molecule has 102 valence electrons. The minimum Gasteiger partial charge on any atom is -0.393 e. The normalized spacial score (nSPS) is 23.9. The molecule has 1 aromatic heterocycles. The number of rotatable bonds is 2. The van der Waals surface area contributed by atoms with E-state index < -0.39 is 0 Å². The molecule has 0 radical (unpaired) electrons. The molecule has 0 aliphatic heterocycles. The zero-order valence-corrected chi connectivity index (χ0v) is 11.8. The van der Waals surface area contributed by atoms with Crippen LogP contribution in [-0.4, -0.2) is 20.8 Å². The second-order valence-corrected chi connectivity index (χ2v) is 5.92. The van der Waals surface area contributed by atoms with Gasteiger partial charge in [-0.15, -0.1) is 0 Å². The van der Waals surface area contributed by atoms with E-state index in [-0.39, 0.29) is 6.10 Å². The fraction of sp³-hybridized carbons (Fsp3) is 0.562. The number of aryl methyl sites for hydroxylation is 2. The maximum atomic E-state index is 9.55. The zero-order chi connectivity index (χ0) is 13.4. The molecular formula is C16H22N2O. The summed E-state index contributed by atoms with van der Waals surface area (Å²) in [6, 6.07) is 6.64. The summed E-state index contributed by atoms with van der Waals surface area (Å²) in [4.78, 5) is 4.60. The highest BCUT2D eigenvalue weighted by Gasteiger charge is 2.19. The van der Waals surface area contributed by atoms with Crippen LogP contribution in [0.15, 0.2) is 18.2 Å². The lowest BCUT2D eigenvalue weighted by Crippen LogP contribution is -2.19. The Kier molecular flexibility index (Phi) is 3.31. The first-order chi connectivity index (χ1) is 9.13. The van der Waals surface area contributed by atoms with Crippen LogP contribution in [-0.2, 0) is 13.5 Å². The first-order valence-corrected chi connectivity index (χ1v) is 7.23. The predicted molar refractivity (Wildman–Crippen MR) is 77.1 cm³/mol. The van der Waals surface area contributed by atoms with Crippen molar-refractivity contribution in [2.24, 2.45) is 13.0 Å². The van der Waals surface area contributed by atoms with Gasteiger partial charge in [0.05, 0.1) is 17.1 Å². The van der Waals surface area contributed by atoms with Crippen molar-refractivity contribution in [3.8, 4) is 0 Å². The third kappa shape index (κ3) is 2.52. The molecule has 1 fully saturated rings. The van der Waals surface area contributed by atoms with Gasteiger partial charge in [-0.1, -0.05) is 6.07 Å². The molecule has 0 spiro atoms. The van der Waals surface area contributed by atoms with Crippen LogP contribution < -0.4 is 0 Å². The molecule has 3 rings (SSSR count). The van der Waals surface area contributed by atoms with Crippen LogP contribution in [0, 0.1) is 12.8 Å². The minimum absolute atomic E-state index is 0.0582. The van der Waals surface area contributed by atoms with Gasteiger partial charge in [0.25, 0.3) is 0 Å². The average Bonchev–Trinajstić information content (AvgIpc) is 2.68. The summed E-state index contributed by atoms with van der Waals surface area (Å²) in [5.41, 5.74) is 3.70. The molecule has 1 aliphatic carbocycles. The molecule has 0 atom stereocenters. The summed E-state index contributed by atoms with van der Waals surface area (Å²) >= 11 is 0. The van der Waals surface area contributed by atoms with Crippen molar-refractivity contribution in [3.05, 3.63) is 29.6 Å². The van der Waals surface area contributed by atoms with Gasteiger partial charge >= 0.3 is 0 Å². The van der Waals surface area contributed by atoms with Gasteiger partial charge in [0.15, 0.2) is 0 Å². The smallest absolute Gasteiger partial charge is 0.106 e. The van der Waals surface area contributed by atoms with Crippen LogP contribution in [0.4, 0.5) is 0 Å². The maximum Gasteiger partial charge on any atom is 0.106 e. The largest absolute Gasteiger partial charge is 0.393 e. The molecule has 2 aromatic rings. The van der Waals surface area contributed by atoms with Gasteiger partial charge in [0.1, 0.15) is 5.82 Å². The Morgan fingerprint density at radius 2 is 2.00 bits per heavy atom. The van der Waals surface area contributed by atoms with Crippen LogP contribution in [0.25, 0.3) is 11.0 Å². The van der Waals surface area contributed by atoms with E-state index in [0.717, 1.165) is 49.4 Å². The van der Waals surface area contributed by atoms with Crippen LogP contribution in [0.3, 0.4) is 0 Å². The topological polar surface area (TPSA) is 38.1 Å². The Hall–Kier alpha value is -1.35. The number of fused-ring (bicyclic) bond motifs is 1. The quantitative estimate of drug-likeness (QED) is 0.899. The number of nitrogens with zero attached hydrogens (tertiary/aromatic N) is 2. The minimum atomic E-state index is -0.0582. The van der Waals surface area contributed by atoms with Crippen LogP contribution >= 0.6 is 0 Å². The molecule has 3 heteroatoms. The molecule has 1 heterocycles. The van der Waals surface area contributed by atoms with E-state index in [4.69, 9.17) is 0 Å². The van der Waals surface area contributed by atoms with Crippen molar-refractivity contribution in [2.45, 2.75) is 45.1 Å². The van der Waals surface area contributed by atoms with Gasteiger partial charge < -0.3 is 9.67 Å². The van der Waals surface area contributed by atoms with Gasteiger partial charge in [-0.05, 0) is 62.6 Å². The summed E-state index contributed by atoms with van der Waals surface area (Å²) in [5.74, 6) is 1.79. The highest BCUT2D eigenvalue weighted by molar-refractivity contribution is 5.76. The third-order valence-electron chi connectivity index (χ3n) is 4.51. The monoisotopic (exact) mass is 258 g/mol. The first-order valence-electron chi connectivity index (χ1n) is 7.23. The van der Waals surface area contributed by atoms with Crippen LogP contribution in [0.1, 0.15) is 37.1 Å². The molecule has 0 unspecified atom stereocenters. The van der Waals surface area contributed by atoms with Crippen molar-refractivity contribution in [3.63, 3.8) is 0 Å². The Morgan fingerprint density at radius 3 is 2.74 bits per heavy atom. The average molecular weight is 258 g/mol. The Balaban J connectivity index is 1.78. The van der Waals surface area contributed by atoms with Crippen molar-refractivity contribution < 1.29 is 5.11 Å². The molecule has 3 nitrogen and oxygen atoms in total. The molecule has 1 aromatic carbocycles. The summed E-state index contributed by atoms with van der Waals surface area (Å²) in [6.07, 6.45) is 5.31. The van der Waals surface area contributed by atoms with Gasteiger partial charge in [0, 0.05) is 7.05 Å². The number of aliphatic hydroxyl groups excluding tert-OH is 1. The highest BCUT2D eigenvalue weighted by atomic mass is 16.3. The lowest BCUT2D eigenvalue weighted by Gasteiger charge is -2.25. The standard InChI is InChI=1S/C16H22N2O/c1-11-17-15-10-13(5-8-16(15)18(11)2)9-12-3-6-14(19)7-4-12/h5,8,10,12,14,19H,3-4,6-7,9H2,1-2H3. The van der Waals surface area contributed by atoms with Crippen LogP contribution in [0.2, 0.25) is 0 Å². The first kappa shape index (κ1) is 12.7. The van der Waals surface area contributed by atoms with E-state index in [2.05, 4.69) is 34.8 Å². The second-order valence-electron chi connectivity index (χ2n) is 5.92. The molecule has 19 heavy (non-hydrogen) atoms. The molecule has 0 amide bonds. The summed E-state index contributed by atoms with van der Waals surface area (Å²) in [6.45, 7) is 2.04. The van der Waals surface area contributed by atoms with Crippen molar-refractivity contribution in [1.29, 1.82) is 0 Å². The molecule has 1 saturated carbocycles. The van der Waals surface area contributed by atoms with Crippen molar-refractivity contribution in [1.82, 2.24) is 9.55 Å². The van der Waals surface area contributed by atoms with Gasteiger partial charge in [-0.2, -0.15) is 0 Å². The van der Waals surface area contributed by atoms with Gasteiger partial charge in [-0.25, -0.2) is 4.98 Å². The molecule has 1 aliphatic rings. The molecule has 0 saturated heterocycles. The van der Waals surface area contributed by atoms with E-state index in [0.29, 0.717) is 0 Å². The second kappa shape index (κ2) is 4.97. The Labute approximate surface area is 114 Å². The third-order valence-corrected chi connectivity index (χ3v) is 4.51. The maximum absolute atomic E-state index is 9.55. The SMILES string of the molecule is Cc1nc2cc(CC3CCC(O)CC3)ccc2n1C. The summed E-state index contributed by atoms with van der Waals surface area (Å²) < 4.78 is 2.13. The lowest BCUT2D eigenvalue weighted by atomic mass is 9.83. The number of hydrogen-bond donors (Lipinski definition) is 1. The fourth-order valence-electron chi connectivity index (χ4n) is 3.18. The van der Waals surface area contributed by atoms with Gasteiger partial charge in [0.2, 0.25) is 0 Å². The zero-order valence-electron chi connectivity index (χ0n) is 11.8. The van der Waals surface area contributed by atoms with E-state index >= 15 is 0 Å². The number of imidazole rings is 1. The Bertz CT molecular complexity index is 580. The Morgan fingerprint density at radius 1 is 1.26 bits per heavy atom. The molecular weight excluding hydrogens is 236 g/mol. The lowest BCUT2D eigenvalue weighted by molar-refractivity contribution is 0.109. The number of hydrogen-bond acceptors (Lipinski definition) is 2. The van der Waals surface area contributed by atoms with Crippen molar-refractivity contribution >= 4 is 11.0 Å². The number of aromatic nitrogens is 2. The number of aliphatic hydroxyl groups is 1. The van der Waals surface area contributed by atoms with E-state index in [9.17, 15) is 5.11 Å². The van der Waals surface area contributed by atoms with E-state index in [1.54, 1.807) is 0 Å². The molecule has 0 bridgehead atoms. The van der Waals surface area contributed by atoms with Crippen molar-refractivity contribution in [2.75, 3.05) is 0 Å². The summed E-state index contributed by atoms with van der Waals surface area (Å²) in [7, 11) is 2.06. The van der Waals surface area contributed by atoms with Gasteiger partial charge in [-0.3, -0.25) is 0 Å². The molecule has 1 N–H and O–H groups in total. The van der Waals surface area contributed by atoms with Crippen LogP contribution in [0.5, 0.6) is 0 Å². The fourth-order valence-corrected chi connectivity index (χ4v) is 3.18. The van der Waals surface area contributed by atoms with E-state index in [1.807, 2.05) is 6.92 Å². The highest BCUT2D eigenvalue weighted by Crippen LogP contribution is 2.28. The number of benzene rings is 1. The van der Waals surface area contributed by atoms with E-state index in [1.165, 1.54) is 11.1 Å². The summed E-state index contributed by atoms with van der Waals surface area (Å²) in [5, 5.41) is 9.55. The predicted octanol–water partition coefficient (Wildman–Crippen LogP) is 2.98.